The number of esters is 1. The Balaban J connectivity index is 1.65. The largest absolute Gasteiger partial charge is 0.488 e. The highest BCUT2D eigenvalue weighted by Gasteiger charge is 2.52. The number of azide groups is 1. The van der Waals surface area contributed by atoms with Gasteiger partial charge in [-0.15, -0.1) is 0 Å². The molecule has 0 bridgehead atoms. The van der Waals surface area contributed by atoms with Crippen molar-refractivity contribution in [2.75, 3.05) is 20.3 Å². The molecule has 2 aromatic rings. The number of fused-ring (bicyclic) bond motifs is 3. The molecule has 9 heteroatoms. The number of carbonyl (C=O) groups is 1. The minimum Gasteiger partial charge on any atom is -0.488 e. The molecule has 1 aromatic heterocycles. The average molecular weight is 417 g/mol. The summed E-state index contributed by atoms with van der Waals surface area (Å²) in [7, 11) is 1.20. The number of ether oxygens (including phenoxy) is 2. The van der Waals surface area contributed by atoms with Crippen LogP contribution in [0.3, 0.4) is 0 Å². The predicted molar refractivity (Wildman–Crippen MR) is 104 cm³/mol. The van der Waals surface area contributed by atoms with Crippen LogP contribution in [0.15, 0.2) is 35.4 Å². The molecular weight excluding hydrogens is 399 g/mol. The predicted octanol–water partition coefficient (Wildman–Crippen LogP) is 4.80. The van der Waals surface area contributed by atoms with Crippen LogP contribution >= 0.6 is 11.6 Å². The number of pyridine rings is 1. The molecule has 1 fully saturated rings. The van der Waals surface area contributed by atoms with Gasteiger partial charge in [0.15, 0.2) is 11.4 Å². The van der Waals surface area contributed by atoms with Crippen LogP contribution in [0, 0.1) is 11.9 Å². The minimum atomic E-state index is -0.900. The van der Waals surface area contributed by atoms with E-state index in [0.717, 1.165) is 24.0 Å². The van der Waals surface area contributed by atoms with Gasteiger partial charge in [0.2, 0.25) is 0 Å². The second-order valence-electron chi connectivity index (χ2n) is 7.47. The molecule has 7 nitrogen and oxygen atoms in total. The molecule has 0 spiro atoms. The number of halogens is 2. The van der Waals surface area contributed by atoms with E-state index in [4.69, 9.17) is 21.9 Å². The van der Waals surface area contributed by atoms with E-state index in [-0.39, 0.29) is 24.6 Å². The lowest BCUT2D eigenvalue weighted by Gasteiger charge is -2.38. The van der Waals surface area contributed by atoms with Crippen LogP contribution in [-0.2, 0) is 10.2 Å². The van der Waals surface area contributed by atoms with Crippen molar-refractivity contribution in [3.05, 3.63) is 68.6 Å². The van der Waals surface area contributed by atoms with Crippen LogP contribution in [0.25, 0.3) is 10.4 Å². The summed E-state index contributed by atoms with van der Waals surface area (Å²) in [5.74, 6) is -0.786. The van der Waals surface area contributed by atoms with Crippen molar-refractivity contribution in [1.29, 1.82) is 0 Å². The Labute approximate surface area is 171 Å². The van der Waals surface area contributed by atoms with Gasteiger partial charge >= 0.3 is 5.97 Å². The van der Waals surface area contributed by atoms with E-state index in [2.05, 4.69) is 19.7 Å². The van der Waals surface area contributed by atoms with E-state index in [1.54, 1.807) is 6.07 Å². The van der Waals surface area contributed by atoms with E-state index in [0.29, 0.717) is 16.9 Å². The van der Waals surface area contributed by atoms with Crippen LogP contribution < -0.4 is 4.74 Å². The Kier molecular flexibility index (Phi) is 5.06. The van der Waals surface area contributed by atoms with E-state index in [9.17, 15) is 9.18 Å². The van der Waals surface area contributed by atoms with E-state index < -0.39 is 17.3 Å². The second-order valence-corrected chi connectivity index (χ2v) is 7.91. The maximum atomic E-state index is 14.4. The third-order valence-electron chi connectivity index (χ3n) is 5.71. The lowest BCUT2D eigenvalue weighted by atomic mass is 9.70. The normalized spacial score (nSPS) is 24.0. The summed E-state index contributed by atoms with van der Waals surface area (Å²) in [4.78, 5) is 18.0. The average Bonchev–Trinajstić information content (AvgIpc) is 3.50. The number of hydrogen-bond acceptors (Lipinski definition) is 5. The third kappa shape index (κ3) is 3.61. The number of carbonyl (C=O) groups excluding carboxylic acids is 1. The third-order valence-corrected chi connectivity index (χ3v) is 5.94. The lowest BCUT2D eigenvalue weighted by molar-refractivity contribution is 0.0592. The summed E-state index contributed by atoms with van der Waals surface area (Å²) >= 11 is 6.20. The van der Waals surface area contributed by atoms with Gasteiger partial charge in [0.05, 0.1) is 13.7 Å². The first-order chi connectivity index (χ1) is 14.0. The second kappa shape index (κ2) is 7.54. The zero-order valence-electron chi connectivity index (χ0n) is 15.6. The molecule has 29 heavy (non-hydrogen) atoms. The van der Waals surface area contributed by atoms with Crippen molar-refractivity contribution in [3.8, 4) is 5.75 Å². The topological polar surface area (TPSA) is 97.2 Å². The molecule has 1 saturated carbocycles. The number of methoxy groups -OCH3 is 1. The van der Waals surface area contributed by atoms with E-state index >= 15 is 0 Å². The van der Waals surface area contributed by atoms with Crippen LogP contribution in [-0.4, -0.2) is 31.2 Å². The Hall–Kier alpha value is -2.83. The molecule has 1 heterocycles. The van der Waals surface area contributed by atoms with Gasteiger partial charge in [-0.3, -0.25) is 0 Å². The maximum Gasteiger partial charge on any atom is 0.356 e. The molecule has 0 radical (unpaired) electrons. The molecule has 2 aliphatic rings. The first-order valence-corrected chi connectivity index (χ1v) is 9.53. The molecular formula is C20H18ClFN4O3. The monoisotopic (exact) mass is 416 g/mol. The minimum absolute atomic E-state index is 0.0774. The molecule has 0 aliphatic heterocycles. The molecule has 2 aliphatic carbocycles. The fourth-order valence-corrected chi connectivity index (χ4v) is 4.43. The van der Waals surface area contributed by atoms with Gasteiger partial charge in [-0.25, -0.2) is 9.78 Å². The molecule has 1 unspecified atom stereocenters. The van der Waals surface area contributed by atoms with Gasteiger partial charge in [0.1, 0.15) is 0 Å². The molecule has 1 aromatic carbocycles. The molecule has 0 N–H and O–H groups in total. The Morgan fingerprint density at radius 3 is 3.00 bits per heavy atom. The van der Waals surface area contributed by atoms with Crippen molar-refractivity contribution in [2.24, 2.45) is 11.0 Å². The van der Waals surface area contributed by atoms with Gasteiger partial charge in [-0.05, 0) is 65.6 Å². The van der Waals surface area contributed by atoms with Crippen LogP contribution in [0.5, 0.6) is 5.75 Å². The summed E-state index contributed by atoms with van der Waals surface area (Å²) in [5.41, 5.74) is 10.3. The summed E-state index contributed by atoms with van der Waals surface area (Å²) in [6.07, 6.45) is 1.83. The van der Waals surface area contributed by atoms with Crippen molar-refractivity contribution in [2.45, 2.75) is 24.2 Å². The fourth-order valence-electron chi connectivity index (χ4n) is 4.25. The van der Waals surface area contributed by atoms with Crippen molar-refractivity contribution in [1.82, 2.24) is 4.98 Å². The number of aromatic nitrogens is 1. The number of hydrogen-bond donors (Lipinski definition) is 0. The fraction of sp³-hybridized carbons (Fsp3) is 0.400. The Bertz CT molecular complexity index is 1030. The highest BCUT2D eigenvalue weighted by atomic mass is 35.5. The highest BCUT2D eigenvalue weighted by molar-refractivity contribution is 6.30. The molecule has 0 amide bonds. The van der Waals surface area contributed by atoms with Crippen molar-refractivity contribution in [3.63, 3.8) is 0 Å². The highest BCUT2D eigenvalue weighted by Crippen LogP contribution is 2.60. The standard InChI is InChI=1S/C20H18ClFN4O3/c1-28-19(27)16-4-5-17(18(22)25-16)29-10-20(9-24-26-23)8-11-6-13(11)14-7-12(21)2-3-15(14)20/h2-5,7,11,13H,6,8-10H2,1H3/t11-,13?,20-/m0/s1. The van der Waals surface area contributed by atoms with Crippen LogP contribution in [0.1, 0.15) is 40.4 Å². The number of rotatable bonds is 6. The Morgan fingerprint density at radius 1 is 1.45 bits per heavy atom. The van der Waals surface area contributed by atoms with Crippen molar-refractivity contribution >= 4 is 17.6 Å². The van der Waals surface area contributed by atoms with E-state index in [1.807, 2.05) is 12.1 Å². The first kappa shape index (κ1) is 19.5. The summed E-state index contributed by atoms with van der Waals surface area (Å²) < 4.78 is 24.7. The summed E-state index contributed by atoms with van der Waals surface area (Å²) in [5, 5.41) is 4.48. The van der Waals surface area contributed by atoms with E-state index in [1.165, 1.54) is 19.2 Å². The zero-order valence-corrected chi connectivity index (χ0v) is 16.4. The number of benzene rings is 1. The van der Waals surface area contributed by atoms with Gasteiger partial charge in [-0.1, -0.05) is 22.8 Å². The van der Waals surface area contributed by atoms with Gasteiger partial charge in [0, 0.05) is 21.9 Å². The zero-order chi connectivity index (χ0) is 20.6. The van der Waals surface area contributed by atoms with Crippen LogP contribution in [0.4, 0.5) is 4.39 Å². The first-order valence-electron chi connectivity index (χ1n) is 9.16. The van der Waals surface area contributed by atoms with Gasteiger partial charge in [0.25, 0.3) is 5.95 Å². The molecule has 3 atom stereocenters. The summed E-state index contributed by atoms with van der Waals surface area (Å²) in [6.45, 7) is 0.302. The Morgan fingerprint density at radius 2 is 2.28 bits per heavy atom. The van der Waals surface area contributed by atoms with Gasteiger partial charge in [-0.2, -0.15) is 4.39 Å². The quantitative estimate of drug-likeness (QED) is 0.222. The molecule has 4 rings (SSSR count). The maximum absolute atomic E-state index is 14.4. The lowest BCUT2D eigenvalue weighted by Crippen LogP contribution is -2.40. The molecule has 150 valence electrons. The molecule has 0 saturated heterocycles. The smallest absolute Gasteiger partial charge is 0.356 e. The van der Waals surface area contributed by atoms with Crippen LogP contribution in [0.2, 0.25) is 5.02 Å². The van der Waals surface area contributed by atoms with Gasteiger partial charge < -0.3 is 9.47 Å². The van der Waals surface area contributed by atoms with Crippen molar-refractivity contribution < 1.29 is 18.7 Å². The SMILES string of the molecule is COC(=O)c1ccc(OC[C@@]2(CN=[N+]=[N-])C[C@@H]3CC3c3cc(Cl)ccc32)c(F)n1. The summed E-state index contributed by atoms with van der Waals surface area (Å²) in [6, 6.07) is 8.40. The number of nitrogens with zero attached hydrogens (tertiary/aromatic N) is 4.